The van der Waals surface area contributed by atoms with Gasteiger partial charge in [-0.15, -0.1) is 0 Å². The molecular formula is C12H16ClN3OS. The maximum absolute atomic E-state index is 12.1. The SMILES string of the molecule is CNc1cc(C(=O)NC2CCSCC2)c(Cl)cn1. The Morgan fingerprint density at radius 3 is 2.89 bits per heavy atom. The van der Waals surface area contributed by atoms with Crippen LogP contribution in [0.5, 0.6) is 0 Å². The van der Waals surface area contributed by atoms with Gasteiger partial charge in [0.1, 0.15) is 5.82 Å². The highest BCUT2D eigenvalue weighted by molar-refractivity contribution is 7.99. The van der Waals surface area contributed by atoms with Crippen molar-refractivity contribution in [1.29, 1.82) is 0 Å². The molecule has 1 aromatic heterocycles. The minimum Gasteiger partial charge on any atom is -0.373 e. The Kier molecular flexibility index (Phi) is 4.72. The molecular weight excluding hydrogens is 270 g/mol. The van der Waals surface area contributed by atoms with E-state index < -0.39 is 0 Å². The standard InChI is InChI=1S/C12H16ClN3OS/c1-14-11-6-9(10(13)7-15-11)12(17)16-8-2-4-18-5-3-8/h6-8H,2-5H2,1H3,(H,14,15)(H,16,17). The molecule has 2 N–H and O–H groups in total. The lowest BCUT2D eigenvalue weighted by Gasteiger charge is -2.22. The number of thioether (sulfide) groups is 1. The zero-order valence-electron chi connectivity index (χ0n) is 10.2. The van der Waals surface area contributed by atoms with Gasteiger partial charge in [-0.05, 0) is 30.4 Å². The second kappa shape index (κ2) is 6.29. The van der Waals surface area contributed by atoms with Crippen LogP contribution in [0.1, 0.15) is 23.2 Å². The van der Waals surface area contributed by atoms with Gasteiger partial charge in [0, 0.05) is 19.3 Å². The highest BCUT2D eigenvalue weighted by atomic mass is 35.5. The number of rotatable bonds is 3. The van der Waals surface area contributed by atoms with E-state index in [4.69, 9.17) is 11.6 Å². The third-order valence-corrected chi connectivity index (χ3v) is 4.26. The molecule has 0 aliphatic carbocycles. The van der Waals surface area contributed by atoms with Crippen molar-refractivity contribution in [3.8, 4) is 0 Å². The number of amides is 1. The van der Waals surface area contributed by atoms with E-state index in [9.17, 15) is 4.79 Å². The van der Waals surface area contributed by atoms with Crippen molar-refractivity contribution in [3.63, 3.8) is 0 Å². The van der Waals surface area contributed by atoms with E-state index >= 15 is 0 Å². The molecule has 1 aliphatic rings. The monoisotopic (exact) mass is 285 g/mol. The van der Waals surface area contributed by atoms with Crippen molar-refractivity contribution in [3.05, 3.63) is 22.8 Å². The van der Waals surface area contributed by atoms with Crippen LogP contribution in [0.25, 0.3) is 0 Å². The minimum atomic E-state index is -0.115. The fraction of sp³-hybridized carbons (Fsp3) is 0.500. The van der Waals surface area contributed by atoms with Crippen LogP contribution in [-0.4, -0.2) is 35.5 Å². The predicted octanol–water partition coefficient (Wildman–Crippen LogP) is 2.40. The van der Waals surface area contributed by atoms with E-state index in [0.717, 1.165) is 24.3 Å². The number of hydrogen-bond donors (Lipinski definition) is 2. The first-order valence-corrected chi connectivity index (χ1v) is 7.46. The Balaban J connectivity index is 2.07. The van der Waals surface area contributed by atoms with Crippen LogP contribution in [-0.2, 0) is 0 Å². The molecule has 0 radical (unpaired) electrons. The lowest BCUT2D eigenvalue weighted by atomic mass is 10.1. The molecule has 6 heteroatoms. The number of nitrogens with one attached hydrogen (secondary N) is 2. The molecule has 1 aromatic rings. The number of aromatic nitrogens is 1. The van der Waals surface area contributed by atoms with E-state index in [0.29, 0.717) is 16.4 Å². The molecule has 0 spiro atoms. The van der Waals surface area contributed by atoms with Crippen LogP contribution in [0, 0.1) is 0 Å². The molecule has 0 unspecified atom stereocenters. The highest BCUT2D eigenvalue weighted by Crippen LogP contribution is 2.20. The van der Waals surface area contributed by atoms with Crippen molar-refractivity contribution in [2.45, 2.75) is 18.9 Å². The summed E-state index contributed by atoms with van der Waals surface area (Å²) in [4.78, 5) is 16.2. The molecule has 0 saturated carbocycles. The first kappa shape index (κ1) is 13.5. The maximum atomic E-state index is 12.1. The topological polar surface area (TPSA) is 54.0 Å². The Hall–Kier alpha value is -0.940. The van der Waals surface area contributed by atoms with Crippen molar-refractivity contribution in [1.82, 2.24) is 10.3 Å². The molecule has 98 valence electrons. The number of halogens is 1. The molecule has 0 bridgehead atoms. The van der Waals surface area contributed by atoms with Gasteiger partial charge in [-0.3, -0.25) is 4.79 Å². The molecule has 2 rings (SSSR count). The minimum absolute atomic E-state index is 0.115. The fourth-order valence-corrected chi connectivity index (χ4v) is 3.15. The molecule has 1 amide bonds. The summed E-state index contributed by atoms with van der Waals surface area (Å²) in [7, 11) is 1.76. The summed E-state index contributed by atoms with van der Waals surface area (Å²) in [5, 5.41) is 6.32. The van der Waals surface area contributed by atoms with Gasteiger partial charge < -0.3 is 10.6 Å². The maximum Gasteiger partial charge on any atom is 0.253 e. The number of pyridine rings is 1. The molecule has 0 aromatic carbocycles. The third kappa shape index (κ3) is 3.29. The van der Waals surface area contributed by atoms with Crippen molar-refractivity contribution in [2.24, 2.45) is 0 Å². The average molecular weight is 286 g/mol. The molecule has 0 atom stereocenters. The van der Waals surface area contributed by atoms with E-state index in [1.54, 1.807) is 13.1 Å². The van der Waals surface area contributed by atoms with Gasteiger partial charge >= 0.3 is 0 Å². The van der Waals surface area contributed by atoms with Crippen molar-refractivity contribution >= 4 is 35.1 Å². The Labute approximate surface area is 116 Å². The molecule has 4 nitrogen and oxygen atoms in total. The van der Waals surface area contributed by atoms with Gasteiger partial charge in [0.05, 0.1) is 10.6 Å². The van der Waals surface area contributed by atoms with Crippen molar-refractivity contribution in [2.75, 3.05) is 23.9 Å². The number of carbonyl (C=O) groups excluding carboxylic acids is 1. The van der Waals surface area contributed by atoms with Gasteiger partial charge in [-0.1, -0.05) is 11.6 Å². The highest BCUT2D eigenvalue weighted by Gasteiger charge is 2.18. The van der Waals surface area contributed by atoms with Crippen LogP contribution >= 0.6 is 23.4 Å². The van der Waals surface area contributed by atoms with Gasteiger partial charge in [0.25, 0.3) is 5.91 Å². The second-order valence-corrected chi connectivity index (χ2v) is 5.79. The molecule has 1 aliphatic heterocycles. The summed E-state index contributed by atoms with van der Waals surface area (Å²) in [5.74, 6) is 2.74. The largest absolute Gasteiger partial charge is 0.373 e. The van der Waals surface area contributed by atoms with Crippen LogP contribution < -0.4 is 10.6 Å². The number of hydrogen-bond acceptors (Lipinski definition) is 4. The average Bonchev–Trinajstić information content (AvgIpc) is 2.40. The first-order chi connectivity index (χ1) is 8.70. The Bertz CT molecular complexity index is 435. The van der Waals surface area contributed by atoms with Crippen LogP contribution in [0.3, 0.4) is 0 Å². The Morgan fingerprint density at radius 1 is 1.50 bits per heavy atom. The normalized spacial score (nSPS) is 16.3. The lowest BCUT2D eigenvalue weighted by Crippen LogP contribution is -2.37. The molecule has 18 heavy (non-hydrogen) atoms. The summed E-state index contributed by atoms with van der Waals surface area (Å²) in [6, 6.07) is 1.94. The van der Waals surface area contributed by atoms with Gasteiger partial charge in [-0.25, -0.2) is 4.98 Å². The smallest absolute Gasteiger partial charge is 0.253 e. The van der Waals surface area contributed by atoms with Crippen LogP contribution in [0.2, 0.25) is 5.02 Å². The molecule has 1 fully saturated rings. The Morgan fingerprint density at radius 2 is 2.22 bits per heavy atom. The van der Waals surface area contributed by atoms with E-state index in [1.807, 2.05) is 11.8 Å². The second-order valence-electron chi connectivity index (χ2n) is 4.16. The van der Waals surface area contributed by atoms with E-state index in [2.05, 4.69) is 15.6 Å². The predicted molar refractivity (Wildman–Crippen MR) is 76.6 cm³/mol. The summed E-state index contributed by atoms with van der Waals surface area (Å²) >= 11 is 7.94. The van der Waals surface area contributed by atoms with E-state index in [-0.39, 0.29) is 11.9 Å². The first-order valence-electron chi connectivity index (χ1n) is 5.92. The third-order valence-electron chi connectivity index (χ3n) is 2.91. The number of anilines is 1. The number of nitrogens with zero attached hydrogens (tertiary/aromatic N) is 1. The van der Waals surface area contributed by atoms with Gasteiger partial charge in [0.2, 0.25) is 0 Å². The quantitative estimate of drug-likeness (QED) is 0.895. The zero-order valence-corrected chi connectivity index (χ0v) is 11.8. The van der Waals surface area contributed by atoms with Crippen LogP contribution in [0.15, 0.2) is 12.3 Å². The fourth-order valence-electron chi connectivity index (χ4n) is 1.85. The molecule has 2 heterocycles. The van der Waals surface area contributed by atoms with Gasteiger partial charge in [-0.2, -0.15) is 11.8 Å². The van der Waals surface area contributed by atoms with Gasteiger partial charge in [0.15, 0.2) is 0 Å². The zero-order chi connectivity index (χ0) is 13.0. The summed E-state index contributed by atoms with van der Waals surface area (Å²) in [5.41, 5.74) is 0.481. The van der Waals surface area contributed by atoms with E-state index in [1.165, 1.54) is 6.20 Å². The van der Waals surface area contributed by atoms with Crippen molar-refractivity contribution < 1.29 is 4.79 Å². The number of carbonyl (C=O) groups is 1. The summed E-state index contributed by atoms with van der Waals surface area (Å²) < 4.78 is 0. The molecule has 1 saturated heterocycles. The summed E-state index contributed by atoms with van der Waals surface area (Å²) in [6.07, 6.45) is 3.55. The summed E-state index contributed by atoms with van der Waals surface area (Å²) in [6.45, 7) is 0. The van der Waals surface area contributed by atoms with Crippen LogP contribution in [0.4, 0.5) is 5.82 Å². The lowest BCUT2D eigenvalue weighted by molar-refractivity contribution is 0.0935.